The van der Waals surface area contributed by atoms with E-state index in [4.69, 9.17) is 19.3 Å². The van der Waals surface area contributed by atoms with Gasteiger partial charge in [0.2, 0.25) is 0 Å². The molecule has 0 spiro atoms. The predicted molar refractivity (Wildman–Crippen MR) is 201 cm³/mol. The van der Waals surface area contributed by atoms with Crippen LogP contribution >= 0.6 is 7.82 Å². The fraction of sp³-hybridized carbons (Fsp3) is 0.561. The lowest BCUT2D eigenvalue weighted by Crippen LogP contribution is -2.29. The van der Waals surface area contributed by atoms with Gasteiger partial charge in [0, 0.05) is 12.8 Å². The number of hydrogen-bond acceptors (Lipinski definition) is 6. The van der Waals surface area contributed by atoms with Crippen molar-refractivity contribution in [2.75, 3.05) is 13.2 Å². The Morgan fingerprint density at radius 3 is 1.76 bits per heavy atom. The third-order valence-electron chi connectivity index (χ3n) is 9.59. The lowest BCUT2D eigenvalue weighted by molar-refractivity contribution is -0.161. The summed E-state index contributed by atoms with van der Waals surface area (Å²) in [6, 6.07) is 19.5. The molecule has 274 valence electrons. The number of rotatable bonds is 26. The summed E-state index contributed by atoms with van der Waals surface area (Å²) in [5.74, 6) is -0.934. The Bertz CT molecular complexity index is 1630. The summed E-state index contributed by atoms with van der Waals surface area (Å²) >= 11 is 0. The van der Waals surface area contributed by atoms with Crippen molar-refractivity contribution in [2.24, 2.45) is 0 Å². The highest BCUT2D eigenvalue weighted by Crippen LogP contribution is 2.37. The van der Waals surface area contributed by atoms with Crippen LogP contribution in [0.1, 0.15) is 128 Å². The van der Waals surface area contributed by atoms with Crippen LogP contribution in [-0.2, 0) is 34.6 Å². The number of carbonyl (C=O) groups excluding carboxylic acids is 2. The molecule has 4 aromatic rings. The van der Waals surface area contributed by atoms with Crippen LogP contribution in [0.4, 0.5) is 0 Å². The van der Waals surface area contributed by atoms with E-state index in [0.717, 1.165) is 32.1 Å². The normalized spacial score (nSPS) is 12.6. The molecule has 0 fully saturated rings. The van der Waals surface area contributed by atoms with Gasteiger partial charge in [-0.15, -0.1) is 0 Å². The summed E-state index contributed by atoms with van der Waals surface area (Å²) in [7, 11) is -4.78. The first-order valence-corrected chi connectivity index (χ1v) is 20.5. The molecule has 0 amide bonds. The molecule has 9 heteroatoms. The van der Waals surface area contributed by atoms with Crippen LogP contribution < -0.4 is 0 Å². The number of ether oxygens (including phenoxy) is 2. The Morgan fingerprint density at radius 2 is 1.14 bits per heavy atom. The Labute approximate surface area is 297 Å². The number of aryl methyl sites for hydroxylation is 1. The summed E-state index contributed by atoms with van der Waals surface area (Å²) in [6.45, 7) is 1.38. The van der Waals surface area contributed by atoms with E-state index in [1.165, 1.54) is 102 Å². The summed E-state index contributed by atoms with van der Waals surface area (Å²) in [4.78, 5) is 43.2. The molecule has 0 bridgehead atoms. The van der Waals surface area contributed by atoms with Crippen molar-refractivity contribution >= 4 is 52.1 Å². The van der Waals surface area contributed by atoms with Crippen LogP contribution in [0, 0.1) is 0 Å². The topological polar surface area (TPSA) is 119 Å². The molecule has 0 heterocycles. The highest BCUT2D eigenvalue weighted by molar-refractivity contribution is 7.46. The lowest BCUT2D eigenvalue weighted by atomic mass is 9.90. The summed E-state index contributed by atoms with van der Waals surface area (Å²) in [5.41, 5.74) is 1.29. The maximum Gasteiger partial charge on any atom is 0.469 e. The van der Waals surface area contributed by atoms with Gasteiger partial charge in [0.1, 0.15) is 6.61 Å². The van der Waals surface area contributed by atoms with Gasteiger partial charge in [-0.3, -0.25) is 14.1 Å². The minimum Gasteiger partial charge on any atom is -0.462 e. The van der Waals surface area contributed by atoms with E-state index in [1.807, 2.05) is 0 Å². The van der Waals surface area contributed by atoms with E-state index in [2.05, 4.69) is 66.0 Å². The van der Waals surface area contributed by atoms with Crippen LogP contribution in [0.3, 0.4) is 0 Å². The van der Waals surface area contributed by atoms with Crippen LogP contribution in [0.25, 0.3) is 32.3 Å². The van der Waals surface area contributed by atoms with Gasteiger partial charge in [0.05, 0.1) is 6.61 Å². The van der Waals surface area contributed by atoms with Crippen LogP contribution in [0.15, 0.2) is 54.6 Å². The minimum absolute atomic E-state index is 0.151. The van der Waals surface area contributed by atoms with Crippen molar-refractivity contribution in [1.29, 1.82) is 0 Å². The Hall–Kier alpha value is -3.03. The van der Waals surface area contributed by atoms with Gasteiger partial charge in [0.25, 0.3) is 0 Å². The molecule has 0 radical (unpaired) electrons. The molecule has 1 unspecified atom stereocenters. The third kappa shape index (κ3) is 13.6. The molecule has 0 aliphatic rings. The van der Waals surface area contributed by atoms with E-state index < -0.39 is 32.5 Å². The Morgan fingerprint density at radius 1 is 0.620 bits per heavy atom. The number of carbonyl (C=O) groups is 2. The van der Waals surface area contributed by atoms with Crippen LogP contribution in [0.2, 0.25) is 0 Å². The number of phosphoric acid groups is 1. The molecule has 0 aromatic heterocycles. The number of unbranched alkanes of at least 4 members (excludes halogenated alkanes) is 14. The second-order valence-corrected chi connectivity index (χ2v) is 15.0. The van der Waals surface area contributed by atoms with Gasteiger partial charge in [0.15, 0.2) is 6.10 Å². The Kier molecular flexibility index (Phi) is 17.0. The first-order chi connectivity index (χ1) is 24.2. The molecule has 2 N–H and O–H groups in total. The molecule has 0 aliphatic carbocycles. The second-order valence-electron chi connectivity index (χ2n) is 13.7. The van der Waals surface area contributed by atoms with Crippen molar-refractivity contribution < 1.29 is 37.9 Å². The Balaban J connectivity index is 1.11. The van der Waals surface area contributed by atoms with Gasteiger partial charge < -0.3 is 19.3 Å². The molecule has 4 aromatic carbocycles. The van der Waals surface area contributed by atoms with E-state index in [-0.39, 0.29) is 19.4 Å². The fourth-order valence-corrected chi connectivity index (χ4v) is 7.22. The lowest BCUT2D eigenvalue weighted by Gasteiger charge is -2.18. The van der Waals surface area contributed by atoms with E-state index in [0.29, 0.717) is 12.8 Å². The number of phosphoric ester groups is 1. The maximum atomic E-state index is 12.6. The van der Waals surface area contributed by atoms with Gasteiger partial charge in [-0.2, -0.15) is 0 Å². The molecule has 4 rings (SSSR count). The quantitative estimate of drug-likeness (QED) is 0.0286. The van der Waals surface area contributed by atoms with Gasteiger partial charge in [-0.25, -0.2) is 4.57 Å². The van der Waals surface area contributed by atoms with Crippen molar-refractivity contribution in [1.82, 2.24) is 0 Å². The highest BCUT2D eigenvalue weighted by Gasteiger charge is 2.23. The second kappa shape index (κ2) is 21.4. The molecular formula is C41H57O8P. The zero-order chi connectivity index (χ0) is 35.6. The number of esters is 2. The monoisotopic (exact) mass is 708 g/mol. The molecule has 1 atom stereocenters. The molecule has 50 heavy (non-hydrogen) atoms. The molecule has 8 nitrogen and oxygen atoms in total. The molecule has 0 aliphatic heterocycles. The molecular weight excluding hydrogens is 651 g/mol. The van der Waals surface area contributed by atoms with Gasteiger partial charge in [-0.05, 0) is 63.6 Å². The van der Waals surface area contributed by atoms with Gasteiger partial charge in [-0.1, -0.05) is 145 Å². The minimum atomic E-state index is -4.78. The highest BCUT2D eigenvalue weighted by atomic mass is 31.2. The predicted octanol–water partition coefficient (Wildman–Crippen LogP) is 10.7. The van der Waals surface area contributed by atoms with E-state index in [1.54, 1.807) is 0 Å². The standard InChI is InChI=1S/C41H57O8P/c1-2-3-4-5-6-7-8-9-10-11-12-13-16-22-38(42)47-30-36(31-48-50(44,45)46)49-39(43)23-17-14-15-19-32-24-25-35-27-26-33-20-18-21-34-28-29-37(32)41(35)40(33)34/h18,20-21,24-29,36H,2-17,19,22-23,30-31H2,1H3,(H2,44,45,46). The van der Waals surface area contributed by atoms with Crippen molar-refractivity contribution in [3.8, 4) is 0 Å². The number of benzene rings is 4. The average molecular weight is 709 g/mol. The number of hydrogen-bond donors (Lipinski definition) is 2. The first kappa shape index (κ1) is 39.8. The average Bonchev–Trinajstić information content (AvgIpc) is 3.10. The fourth-order valence-electron chi connectivity index (χ4n) is 6.86. The largest absolute Gasteiger partial charge is 0.469 e. The first-order valence-electron chi connectivity index (χ1n) is 19.0. The molecule has 0 saturated heterocycles. The van der Waals surface area contributed by atoms with Crippen molar-refractivity contribution in [2.45, 2.75) is 135 Å². The third-order valence-corrected chi connectivity index (χ3v) is 10.1. The zero-order valence-corrected chi connectivity index (χ0v) is 30.8. The zero-order valence-electron chi connectivity index (χ0n) is 29.9. The maximum absolute atomic E-state index is 12.6. The summed E-state index contributed by atoms with van der Waals surface area (Å²) in [5, 5.41) is 7.58. The summed E-state index contributed by atoms with van der Waals surface area (Å²) in [6.07, 6.45) is 18.3. The van der Waals surface area contributed by atoms with Gasteiger partial charge >= 0.3 is 19.8 Å². The summed E-state index contributed by atoms with van der Waals surface area (Å²) < 4.78 is 26.6. The van der Waals surface area contributed by atoms with E-state index >= 15 is 0 Å². The molecule has 0 saturated carbocycles. The smallest absolute Gasteiger partial charge is 0.462 e. The SMILES string of the molecule is CCCCCCCCCCCCCCCC(=O)OCC(COP(=O)(O)O)OC(=O)CCCCCc1ccc2ccc3cccc4ccc1c2c34. The van der Waals surface area contributed by atoms with Crippen LogP contribution in [0.5, 0.6) is 0 Å². The van der Waals surface area contributed by atoms with Crippen LogP contribution in [-0.4, -0.2) is 41.0 Å². The van der Waals surface area contributed by atoms with E-state index in [9.17, 15) is 14.2 Å². The van der Waals surface area contributed by atoms with Crippen molar-refractivity contribution in [3.63, 3.8) is 0 Å². The van der Waals surface area contributed by atoms with Crippen molar-refractivity contribution in [3.05, 3.63) is 60.2 Å².